The fourth-order valence-electron chi connectivity index (χ4n) is 4.94. The molecule has 210 valence electrons. The molecule has 0 spiro atoms. The Morgan fingerprint density at radius 3 is 2.68 bits per heavy atom. The molecular formula is C29H28F2N8OS. The van der Waals surface area contributed by atoms with Gasteiger partial charge in [-0.3, -0.25) is 4.40 Å². The number of carbonyl (C=O) groups is 1. The number of halogens is 2. The van der Waals surface area contributed by atoms with Crippen LogP contribution in [0.25, 0.3) is 27.6 Å². The first-order valence-corrected chi connectivity index (χ1v) is 14.1. The maximum Gasteiger partial charge on any atom is 0.321 e. The Morgan fingerprint density at radius 2 is 1.90 bits per heavy atom. The van der Waals surface area contributed by atoms with E-state index in [-0.39, 0.29) is 12.1 Å². The number of imidazole rings is 1. The Labute approximate surface area is 239 Å². The third kappa shape index (κ3) is 5.55. The predicted octanol–water partition coefficient (Wildman–Crippen LogP) is 5.97. The lowest BCUT2D eigenvalue weighted by Gasteiger charge is -2.33. The molecule has 2 amide bonds. The van der Waals surface area contributed by atoms with Gasteiger partial charge in [0.2, 0.25) is 5.95 Å². The summed E-state index contributed by atoms with van der Waals surface area (Å²) in [5.41, 5.74) is 3.99. The van der Waals surface area contributed by atoms with Crippen molar-refractivity contribution in [2.45, 2.75) is 18.9 Å². The third-order valence-corrected chi connectivity index (χ3v) is 7.79. The van der Waals surface area contributed by atoms with Gasteiger partial charge in [-0.05, 0) is 61.4 Å². The largest absolute Gasteiger partial charge is 0.378 e. The number of nitrogens with zero attached hydrogens (tertiary/aromatic N) is 6. The predicted molar refractivity (Wildman–Crippen MR) is 157 cm³/mol. The van der Waals surface area contributed by atoms with Gasteiger partial charge in [-0.1, -0.05) is 0 Å². The van der Waals surface area contributed by atoms with E-state index in [1.807, 2.05) is 59.2 Å². The van der Waals surface area contributed by atoms with Crippen LogP contribution in [0.15, 0.2) is 66.3 Å². The summed E-state index contributed by atoms with van der Waals surface area (Å²) >= 11 is 1.44. The molecule has 2 aromatic carbocycles. The quantitative estimate of drug-likeness (QED) is 0.260. The van der Waals surface area contributed by atoms with Gasteiger partial charge in [0, 0.05) is 67.9 Å². The van der Waals surface area contributed by atoms with Crippen molar-refractivity contribution < 1.29 is 13.6 Å². The van der Waals surface area contributed by atoms with E-state index in [2.05, 4.69) is 20.6 Å². The van der Waals surface area contributed by atoms with E-state index in [1.165, 1.54) is 17.4 Å². The van der Waals surface area contributed by atoms with Crippen molar-refractivity contribution in [3.05, 3.63) is 77.9 Å². The van der Waals surface area contributed by atoms with Crippen molar-refractivity contribution in [1.29, 1.82) is 0 Å². The number of fused-ring (bicyclic) bond motifs is 1. The highest BCUT2D eigenvalue weighted by atomic mass is 32.1. The molecule has 9 nitrogen and oxygen atoms in total. The van der Waals surface area contributed by atoms with Gasteiger partial charge in [0.25, 0.3) is 0 Å². The van der Waals surface area contributed by atoms with Crippen molar-refractivity contribution >= 4 is 39.7 Å². The first-order valence-electron chi connectivity index (χ1n) is 13.2. The first kappa shape index (κ1) is 26.6. The summed E-state index contributed by atoms with van der Waals surface area (Å²) in [5, 5.41) is 8.27. The van der Waals surface area contributed by atoms with Crippen LogP contribution in [0.1, 0.15) is 12.8 Å². The Balaban J connectivity index is 1.20. The zero-order chi connectivity index (χ0) is 28.5. The smallest absolute Gasteiger partial charge is 0.321 e. The maximum atomic E-state index is 14.1. The third-order valence-electron chi connectivity index (χ3n) is 7.03. The summed E-state index contributed by atoms with van der Waals surface area (Å²) in [7, 11) is 3.94. The van der Waals surface area contributed by atoms with Crippen LogP contribution in [-0.2, 0) is 0 Å². The Kier molecular flexibility index (Phi) is 7.23. The Bertz CT molecular complexity index is 1700. The van der Waals surface area contributed by atoms with Crippen molar-refractivity contribution in [2.24, 2.45) is 0 Å². The van der Waals surface area contributed by atoms with Crippen LogP contribution in [0.5, 0.6) is 0 Å². The standard InChI is InChI=1S/C29H28F2N8OS/c1-37(2)21-8-6-19(7-9-21)34-28(40)38-13-3-4-20(17-38)33-27-32-12-11-24(35-27)26-25(36-29-39(26)14-15-41-29)18-5-10-22(30)23(31)16-18/h5-12,14-16,20H,3-4,13,17H2,1-2H3,(H,34,40)(H,32,33,35)/t20-/m1/s1. The molecule has 3 aromatic heterocycles. The van der Waals surface area contributed by atoms with Gasteiger partial charge in [0.15, 0.2) is 16.6 Å². The molecule has 12 heteroatoms. The first-order chi connectivity index (χ1) is 19.9. The number of nitrogens with one attached hydrogen (secondary N) is 2. The Hall–Kier alpha value is -4.58. The molecule has 0 unspecified atom stereocenters. The molecule has 0 aliphatic carbocycles. The van der Waals surface area contributed by atoms with E-state index in [4.69, 9.17) is 4.98 Å². The number of rotatable bonds is 6. The number of likely N-dealkylation sites (tertiary alicyclic amines) is 1. The molecule has 1 fully saturated rings. The summed E-state index contributed by atoms with van der Waals surface area (Å²) in [6, 6.07) is 13.0. The molecule has 0 saturated carbocycles. The summed E-state index contributed by atoms with van der Waals surface area (Å²) in [4.78, 5) is 31.3. The van der Waals surface area contributed by atoms with Crippen LogP contribution in [0.3, 0.4) is 0 Å². The van der Waals surface area contributed by atoms with Crippen LogP contribution in [0, 0.1) is 11.6 Å². The number of carbonyl (C=O) groups excluding carboxylic acids is 1. The lowest BCUT2D eigenvalue weighted by atomic mass is 10.1. The number of amides is 2. The number of urea groups is 1. The topological polar surface area (TPSA) is 90.7 Å². The van der Waals surface area contributed by atoms with Gasteiger partial charge >= 0.3 is 6.03 Å². The van der Waals surface area contributed by atoms with Crippen molar-refractivity contribution in [2.75, 3.05) is 42.7 Å². The molecule has 5 aromatic rings. The molecule has 4 heterocycles. The van der Waals surface area contributed by atoms with Crippen molar-refractivity contribution in [1.82, 2.24) is 24.3 Å². The summed E-state index contributed by atoms with van der Waals surface area (Å²) in [6.07, 6.45) is 5.21. The minimum atomic E-state index is -0.939. The van der Waals surface area contributed by atoms with E-state index in [0.29, 0.717) is 46.6 Å². The fraction of sp³-hybridized carbons (Fsp3) is 0.241. The average molecular weight is 575 g/mol. The number of benzene rings is 2. The molecule has 1 aliphatic heterocycles. The minimum absolute atomic E-state index is 0.0434. The highest BCUT2D eigenvalue weighted by Crippen LogP contribution is 2.34. The molecule has 0 bridgehead atoms. The average Bonchev–Trinajstić information content (AvgIpc) is 3.57. The lowest BCUT2D eigenvalue weighted by Crippen LogP contribution is -2.47. The van der Waals surface area contributed by atoms with Crippen LogP contribution < -0.4 is 15.5 Å². The molecule has 6 rings (SSSR count). The van der Waals surface area contributed by atoms with Crippen LogP contribution in [0.4, 0.5) is 30.9 Å². The summed E-state index contributed by atoms with van der Waals surface area (Å²) in [5.74, 6) is -1.44. The number of piperidine rings is 1. The van der Waals surface area contributed by atoms with E-state index in [9.17, 15) is 13.6 Å². The second-order valence-electron chi connectivity index (χ2n) is 10.1. The van der Waals surface area contributed by atoms with Crippen LogP contribution in [0.2, 0.25) is 0 Å². The second kappa shape index (κ2) is 11.1. The van der Waals surface area contributed by atoms with E-state index >= 15 is 0 Å². The highest BCUT2D eigenvalue weighted by molar-refractivity contribution is 7.15. The molecular weight excluding hydrogens is 546 g/mol. The molecule has 41 heavy (non-hydrogen) atoms. The zero-order valence-corrected chi connectivity index (χ0v) is 23.3. The number of hydrogen-bond donors (Lipinski definition) is 2. The molecule has 2 N–H and O–H groups in total. The molecule has 1 aliphatic rings. The second-order valence-corrected chi connectivity index (χ2v) is 10.9. The van der Waals surface area contributed by atoms with E-state index in [1.54, 1.807) is 17.2 Å². The van der Waals surface area contributed by atoms with E-state index in [0.717, 1.165) is 36.3 Å². The molecule has 1 atom stereocenters. The summed E-state index contributed by atoms with van der Waals surface area (Å²) < 4.78 is 29.6. The van der Waals surface area contributed by atoms with Gasteiger partial charge in [-0.25, -0.2) is 28.5 Å². The minimum Gasteiger partial charge on any atom is -0.378 e. The van der Waals surface area contributed by atoms with Crippen molar-refractivity contribution in [3.8, 4) is 22.6 Å². The molecule has 1 saturated heterocycles. The van der Waals surface area contributed by atoms with Gasteiger partial charge in [0.05, 0.1) is 11.4 Å². The van der Waals surface area contributed by atoms with Gasteiger partial charge in [0.1, 0.15) is 5.69 Å². The maximum absolute atomic E-state index is 14.1. The SMILES string of the molecule is CN(C)c1ccc(NC(=O)N2CCC[C@@H](Nc3nccc(-c4c(-c5ccc(F)c(F)c5)nc5sccn45)n3)C2)cc1. The van der Waals surface area contributed by atoms with E-state index < -0.39 is 11.6 Å². The van der Waals surface area contributed by atoms with Gasteiger partial charge in [-0.15, -0.1) is 11.3 Å². The van der Waals surface area contributed by atoms with Crippen LogP contribution in [-0.4, -0.2) is 63.5 Å². The number of aromatic nitrogens is 4. The van der Waals surface area contributed by atoms with Gasteiger partial charge < -0.3 is 20.4 Å². The highest BCUT2D eigenvalue weighted by Gasteiger charge is 2.25. The van der Waals surface area contributed by atoms with Crippen LogP contribution >= 0.6 is 11.3 Å². The monoisotopic (exact) mass is 574 g/mol. The number of thiazole rings is 1. The summed E-state index contributed by atoms with van der Waals surface area (Å²) in [6.45, 7) is 1.15. The lowest BCUT2D eigenvalue weighted by molar-refractivity contribution is 0.196. The number of anilines is 3. The molecule has 0 radical (unpaired) electrons. The number of hydrogen-bond acceptors (Lipinski definition) is 7. The van der Waals surface area contributed by atoms with Crippen molar-refractivity contribution in [3.63, 3.8) is 0 Å². The normalized spacial score (nSPS) is 15.2. The Morgan fingerprint density at radius 1 is 1.07 bits per heavy atom. The fourth-order valence-corrected chi connectivity index (χ4v) is 5.66. The zero-order valence-electron chi connectivity index (χ0n) is 22.5. The van der Waals surface area contributed by atoms with Gasteiger partial charge in [-0.2, -0.15) is 0 Å².